The van der Waals surface area contributed by atoms with Crippen LogP contribution in [0.4, 0.5) is 18.9 Å². The van der Waals surface area contributed by atoms with Crippen molar-refractivity contribution in [2.24, 2.45) is 0 Å². The summed E-state index contributed by atoms with van der Waals surface area (Å²) in [4.78, 5) is 14.7. The van der Waals surface area contributed by atoms with Gasteiger partial charge in [0.25, 0.3) is 5.76 Å². The van der Waals surface area contributed by atoms with E-state index in [1.54, 1.807) is 42.5 Å². The third kappa shape index (κ3) is 5.51. The Morgan fingerprint density at radius 2 is 1.85 bits per heavy atom. The van der Waals surface area contributed by atoms with Crippen LogP contribution in [-0.4, -0.2) is 29.2 Å². The molecule has 3 rings (SSSR count). The van der Waals surface area contributed by atoms with Gasteiger partial charge in [-0.2, -0.15) is 8.78 Å². The molecule has 0 saturated heterocycles. The molecule has 2 aromatic carbocycles. The van der Waals surface area contributed by atoms with E-state index in [1.165, 1.54) is 6.07 Å². The van der Waals surface area contributed by atoms with E-state index in [9.17, 15) is 18.0 Å². The van der Waals surface area contributed by atoms with Crippen molar-refractivity contribution >= 4 is 23.4 Å². The van der Waals surface area contributed by atoms with E-state index in [2.05, 4.69) is 5.32 Å². The first-order valence-corrected chi connectivity index (χ1v) is 9.21. The Morgan fingerprint density at radius 1 is 1.15 bits per heavy atom. The summed E-state index contributed by atoms with van der Waals surface area (Å²) in [7, 11) is 0. The fourth-order valence-corrected chi connectivity index (χ4v) is 3.20. The van der Waals surface area contributed by atoms with Gasteiger partial charge in [-0.3, -0.25) is 9.69 Å². The van der Waals surface area contributed by atoms with Gasteiger partial charge < -0.3 is 5.32 Å². The minimum Gasteiger partial charge on any atom is -0.325 e. The van der Waals surface area contributed by atoms with Crippen molar-refractivity contribution in [2.75, 3.05) is 11.9 Å². The molecule has 3 nitrogen and oxygen atoms in total. The molecule has 0 bridgehead atoms. The van der Waals surface area contributed by atoms with Crippen molar-refractivity contribution in [1.82, 2.24) is 4.90 Å². The number of carbonyl (C=O) groups is 1. The summed E-state index contributed by atoms with van der Waals surface area (Å²) in [5.74, 6) is -2.95. The van der Waals surface area contributed by atoms with E-state index < -0.39 is 5.76 Å². The van der Waals surface area contributed by atoms with Crippen LogP contribution < -0.4 is 5.32 Å². The maximum atomic E-state index is 13.9. The van der Waals surface area contributed by atoms with Gasteiger partial charge in [0.1, 0.15) is 5.82 Å². The Labute approximate surface area is 154 Å². The zero-order valence-electron chi connectivity index (χ0n) is 14.0. The molecular weight excluding hydrogens is 361 g/mol. The number of amides is 1. The third-order valence-corrected chi connectivity index (χ3v) is 4.83. The van der Waals surface area contributed by atoms with E-state index >= 15 is 0 Å². The predicted octanol–water partition coefficient (Wildman–Crippen LogP) is 4.74. The molecule has 1 aliphatic rings. The molecule has 0 atom stereocenters. The van der Waals surface area contributed by atoms with Gasteiger partial charge in [0.05, 0.1) is 6.54 Å². The second-order valence-corrected chi connectivity index (χ2v) is 7.24. The Morgan fingerprint density at radius 3 is 2.46 bits per heavy atom. The summed E-state index contributed by atoms with van der Waals surface area (Å²) in [6.07, 6.45) is 2.00. The molecular formula is C19H19F3N2OS. The number of halogens is 3. The van der Waals surface area contributed by atoms with Gasteiger partial charge in [0.2, 0.25) is 5.91 Å². The van der Waals surface area contributed by atoms with Gasteiger partial charge in [-0.25, -0.2) is 4.39 Å². The van der Waals surface area contributed by atoms with Crippen LogP contribution in [0, 0.1) is 5.82 Å². The molecule has 138 valence electrons. The first-order chi connectivity index (χ1) is 12.5. The molecule has 2 aromatic rings. The van der Waals surface area contributed by atoms with Crippen LogP contribution in [0.2, 0.25) is 0 Å². The number of rotatable bonds is 8. The van der Waals surface area contributed by atoms with Crippen LogP contribution in [-0.2, 0) is 11.3 Å². The highest BCUT2D eigenvalue weighted by atomic mass is 32.2. The summed E-state index contributed by atoms with van der Waals surface area (Å²) in [6.45, 7) is 0.543. The summed E-state index contributed by atoms with van der Waals surface area (Å²) in [5.41, 5.74) is 1.12. The Kier molecular flexibility index (Phi) is 6.21. The van der Waals surface area contributed by atoms with E-state index in [4.69, 9.17) is 0 Å². The average Bonchev–Trinajstić information content (AvgIpc) is 3.42. The van der Waals surface area contributed by atoms with E-state index in [0.717, 1.165) is 12.8 Å². The standard InChI is InChI=1S/C19H19F3N2OS/c20-17-4-2-1-3-13(17)11-24(15-7-8-15)12-18(25)23-14-5-9-16(10-6-14)26-19(21)22/h1-6,9-10,15,19H,7-8,11-12H2,(H,23,25). The summed E-state index contributed by atoms with van der Waals surface area (Å²) >= 11 is 0.462. The first-order valence-electron chi connectivity index (χ1n) is 8.33. The number of thioether (sulfide) groups is 1. The van der Waals surface area contributed by atoms with Gasteiger partial charge in [-0.05, 0) is 43.2 Å². The van der Waals surface area contributed by atoms with Gasteiger partial charge >= 0.3 is 0 Å². The van der Waals surface area contributed by atoms with Crippen molar-refractivity contribution in [2.45, 2.75) is 36.1 Å². The van der Waals surface area contributed by atoms with Gasteiger partial charge in [-0.1, -0.05) is 30.0 Å². The number of carbonyl (C=O) groups excluding carboxylic acids is 1. The average molecular weight is 380 g/mol. The van der Waals surface area contributed by atoms with Crippen molar-refractivity contribution in [3.05, 3.63) is 59.9 Å². The van der Waals surface area contributed by atoms with Crippen LogP contribution in [0.1, 0.15) is 18.4 Å². The van der Waals surface area contributed by atoms with Gasteiger partial charge in [0, 0.05) is 28.7 Å². The van der Waals surface area contributed by atoms with Crippen molar-refractivity contribution in [1.29, 1.82) is 0 Å². The van der Waals surface area contributed by atoms with Crippen LogP contribution in [0.25, 0.3) is 0 Å². The summed E-state index contributed by atoms with van der Waals surface area (Å²) < 4.78 is 38.5. The Balaban J connectivity index is 1.57. The smallest absolute Gasteiger partial charge is 0.288 e. The third-order valence-electron chi connectivity index (χ3n) is 4.10. The summed E-state index contributed by atoms with van der Waals surface area (Å²) in [5, 5.41) is 2.76. The number of anilines is 1. The molecule has 0 unspecified atom stereocenters. The molecule has 0 aliphatic heterocycles. The normalized spacial score (nSPS) is 14.0. The van der Waals surface area contributed by atoms with Crippen molar-refractivity contribution < 1.29 is 18.0 Å². The van der Waals surface area contributed by atoms with Crippen LogP contribution in [0.3, 0.4) is 0 Å². The highest BCUT2D eigenvalue weighted by Crippen LogP contribution is 2.29. The van der Waals surface area contributed by atoms with Crippen LogP contribution >= 0.6 is 11.8 Å². The van der Waals surface area contributed by atoms with Gasteiger partial charge in [0.15, 0.2) is 0 Å². The van der Waals surface area contributed by atoms with Crippen molar-refractivity contribution in [3.8, 4) is 0 Å². The van der Waals surface area contributed by atoms with Crippen LogP contribution in [0.5, 0.6) is 0 Å². The number of hydrogen-bond acceptors (Lipinski definition) is 3. The molecule has 0 spiro atoms. The number of nitrogens with one attached hydrogen (secondary N) is 1. The van der Waals surface area contributed by atoms with Crippen LogP contribution in [0.15, 0.2) is 53.4 Å². The lowest BCUT2D eigenvalue weighted by Gasteiger charge is -2.21. The molecule has 0 radical (unpaired) electrons. The molecule has 1 amide bonds. The van der Waals surface area contributed by atoms with E-state index in [0.29, 0.717) is 40.5 Å². The van der Waals surface area contributed by atoms with Crippen molar-refractivity contribution in [3.63, 3.8) is 0 Å². The SMILES string of the molecule is O=C(CN(Cc1ccccc1F)C1CC1)Nc1ccc(SC(F)F)cc1. The first kappa shape index (κ1) is 18.8. The molecule has 26 heavy (non-hydrogen) atoms. The molecule has 1 saturated carbocycles. The minimum atomic E-state index is -2.47. The Hall–Kier alpha value is -1.99. The predicted molar refractivity (Wildman–Crippen MR) is 96.8 cm³/mol. The van der Waals surface area contributed by atoms with E-state index in [1.807, 2.05) is 4.90 Å². The second kappa shape index (κ2) is 8.60. The van der Waals surface area contributed by atoms with E-state index in [-0.39, 0.29) is 18.3 Å². The highest BCUT2D eigenvalue weighted by Gasteiger charge is 2.30. The maximum absolute atomic E-state index is 13.9. The topological polar surface area (TPSA) is 32.3 Å². The fourth-order valence-electron chi connectivity index (χ4n) is 2.70. The number of hydrogen-bond donors (Lipinski definition) is 1. The molecule has 1 aliphatic carbocycles. The zero-order chi connectivity index (χ0) is 18.5. The monoisotopic (exact) mass is 380 g/mol. The largest absolute Gasteiger partial charge is 0.325 e. The second-order valence-electron chi connectivity index (χ2n) is 6.18. The number of alkyl halides is 2. The lowest BCUT2D eigenvalue weighted by Crippen LogP contribution is -2.34. The zero-order valence-corrected chi connectivity index (χ0v) is 14.8. The maximum Gasteiger partial charge on any atom is 0.288 e. The quantitative estimate of drug-likeness (QED) is 0.671. The molecule has 0 aromatic heterocycles. The number of nitrogens with zero attached hydrogens (tertiary/aromatic N) is 1. The van der Waals surface area contributed by atoms with Gasteiger partial charge in [-0.15, -0.1) is 0 Å². The lowest BCUT2D eigenvalue weighted by molar-refractivity contribution is -0.117. The fraction of sp³-hybridized carbons (Fsp3) is 0.316. The summed E-state index contributed by atoms with van der Waals surface area (Å²) in [6, 6.07) is 13.1. The Bertz CT molecular complexity index is 751. The molecule has 1 N–H and O–H groups in total. The number of benzene rings is 2. The molecule has 1 fully saturated rings. The molecule has 7 heteroatoms. The lowest BCUT2D eigenvalue weighted by atomic mass is 10.2. The highest BCUT2D eigenvalue weighted by molar-refractivity contribution is 7.99. The molecule has 0 heterocycles. The minimum absolute atomic E-state index is 0.159.